The van der Waals surface area contributed by atoms with E-state index in [4.69, 9.17) is 9.84 Å². The van der Waals surface area contributed by atoms with E-state index in [1.807, 2.05) is 0 Å². The van der Waals surface area contributed by atoms with E-state index in [0.29, 0.717) is 5.75 Å². The van der Waals surface area contributed by atoms with Gasteiger partial charge in [0.1, 0.15) is 11.4 Å². The van der Waals surface area contributed by atoms with E-state index < -0.39 is 10.9 Å². The Balaban J connectivity index is 2.54. The first kappa shape index (κ1) is 12.5. The Hall–Kier alpha value is -2.97. The van der Waals surface area contributed by atoms with Crippen molar-refractivity contribution in [2.24, 2.45) is 0 Å². The molecule has 0 atom stereocenters. The summed E-state index contributed by atoms with van der Waals surface area (Å²) >= 11 is 0. The van der Waals surface area contributed by atoms with E-state index in [1.165, 1.54) is 25.3 Å². The fourth-order valence-electron chi connectivity index (χ4n) is 1.45. The fourth-order valence-corrected chi connectivity index (χ4v) is 1.45. The van der Waals surface area contributed by atoms with E-state index in [1.54, 1.807) is 0 Å². The van der Waals surface area contributed by atoms with Gasteiger partial charge in [-0.25, -0.2) is 9.48 Å². The summed E-state index contributed by atoms with van der Waals surface area (Å²) in [6.07, 6.45) is 1.14. The summed E-state index contributed by atoms with van der Waals surface area (Å²) in [5.74, 6) is -0.928. The number of carbonyl (C=O) groups is 1. The van der Waals surface area contributed by atoms with Crippen LogP contribution in [0.5, 0.6) is 5.75 Å². The van der Waals surface area contributed by atoms with Crippen LogP contribution in [0.2, 0.25) is 0 Å². The predicted octanol–water partition coefficient (Wildman–Crippen LogP) is 0.882. The molecule has 0 aliphatic rings. The molecule has 1 N–H and O–H groups in total. The quantitative estimate of drug-likeness (QED) is 0.642. The molecule has 0 saturated heterocycles. The largest absolute Gasteiger partial charge is 0.494 e. The molecule has 2 aromatic rings. The maximum absolute atomic E-state index is 10.7. The lowest BCUT2D eigenvalue weighted by Gasteiger charge is -2.06. The Morgan fingerprint density at radius 3 is 2.79 bits per heavy atom. The third-order valence-electron chi connectivity index (χ3n) is 2.33. The summed E-state index contributed by atoms with van der Waals surface area (Å²) in [7, 11) is 1.39. The molecule has 98 valence electrons. The van der Waals surface area contributed by atoms with Crippen LogP contribution in [0, 0.1) is 10.1 Å². The van der Waals surface area contributed by atoms with Crippen molar-refractivity contribution >= 4 is 11.7 Å². The molecule has 19 heavy (non-hydrogen) atoms. The van der Waals surface area contributed by atoms with Crippen molar-refractivity contribution in [1.29, 1.82) is 0 Å². The molecular formula is C10H8N4O5. The highest BCUT2D eigenvalue weighted by atomic mass is 16.6. The van der Waals surface area contributed by atoms with Crippen LogP contribution in [0.25, 0.3) is 5.69 Å². The number of rotatable bonds is 4. The van der Waals surface area contributed by atoms with Gasteiger partial charge in [0.25, 0.3) is 5.69 Å². The summed E-state index contributed by atoms with van der Waals surface area (Å²) < 4.78 is 6.15. The Morgan fingerprint density at radius 2 is 2.26 bits per heavy atom. The third kappa shape index (κ3) is 2.34. The summed E-state index contributed by atoms with van der Waals surface area (Å²) in [4.78, 5) is 20.9. The summed E-state index contributed by atoms with van der Waals surface area (Å²) in [6.45, 7) is 0. The average Bonchev–Trinajstić information content (AvgIpc) is 2.87. The molecule has 9 nitrogen and oxygen atoms in total. The summed E-state index contributed by atoms with van der Waals surface area (Å²) in [5.41, 5.74) is -0.201. The van der Waals surface area contributed by atoms with Crippen LogP contribution in [0.4, 0.5) is 5.69 Å². The van der Waals surface area contributed by atoms with Gasteiger partial charge in [-0.3, -0.25) is 10.1 Å². The molecule has 1 aromatic heterocycles. The SMILES string of the molecule is COc1ccc([N+](=O)[O-])cc1-n1cc(C(=O)O)nn1. The van der Waals surface area contributed by atoms with Crippen molar-refractivity contribution in [2.45, 2.75) is 0 Å². The highest BCUT2D eigenvalue weighted by molar-refractivity contribution is 5.84. The molecule has 0 bridgehead atoms. The number of carboxylic acids is 1. The molecule has 0 radical (unpaired) electrons. The van der Waals surface area contributed by atoms with Gasteiger partial charge in [-0.05, 0) is 6.07 Å². The zero-order valence-corrected chi connectivity index (χ0v) is 9.68. The molecule has 0 amide bonds. The number of methoxy groups -OCH3 is 1. The van der Waals surface area contributed by atoms with Gasteiger partial charge in [0.2, 0.25) is 0 Å². The number of carboxylic acid groups (broad SMARTS) is 1. The van der Waals surface area contributed by atoms with E-state index in [-0.39, 0.29) is 17.1 Å². The maximum atomic E-state index is 10.7. The number of nitrogens with zero attached hydrogens (tertiary/aromatic N) is 4. The lowest BCUT2D eigenvalue weighted by molar-refractivity contribution is -0.384. The fraction of sp³-hybridized carbons (Fsp3) is 0.100. The van der Waals surface area contributed by atoms with Crippen molar-refractivity contribution in [3.8, 4) is 11.4 Å². The summed E-state index contributed by atoms with van der Waals surface area (Å²) in [6, 6.07) is 3.89. The zero-order valence-electron chi connectivity index (χ0n) is 9.68. The van der Waals surface area contributed by atoms with Gasteiger partial charge in [0.15, 0.2) is 5.69 Å². The van der Waals surface area contributed by atoms with E-state index >= 15 is 0 Å². The lowest BCUT2D eigenvalue weighted by Crippen LogP contribution is -2.00. The van der Waals surface area contributed by atoms with Gasteiger partial charge in [0, 0.05) is 12.1 Å². The van der Waals surface area contributed by atoms with Crippen LogP contribution in [-0.2, 0) is 0 Å². The Morgan fingerprint density at radius 1 is 1.53 bits per heavy atom. The van der Waals surface area contributed by atoms with Crippen LogP contribution in [0.1, 0.15) is 10.5 Å². The molecule has 0 spiro atoms. The van der Waals surface area contributed by atoms with E-state index in [9.17, 15) is 14.9 Å². The molecule has 0 unspecified atom stereocenters. The minimum atomic E-state index is -1.24. The number of hydrogen-bond donors (Lipinski definition) is 1. The number of nitro benzene ring substituents is 1. The van der Waals surface area contributed by atoms with Crippen molar-refractivity contribution < 1.29 is 19.6 Å². The molecular weight excluding hydrogens is 256 g/mol. The first-order chi connectivity index (χ1) is 9.02. The number of hydrogen-bond acceptors (Lipinski definition) is 6. The van der Waals surface area contributed by atoms with Crippen LogP contribution < -0.4 is 4.74 Å². The highest BCUT2D eigenvalue weighted by Gasteiger charge is 2.16. The minimum absolute atomic E-state index is 0.164. The van der Waals surface area contributed by atoms with Gasteiger partial charge in [-0.1, -0.05) is 5.21 Å². The number of non-ortho nitro benzene ring substituents is 1. The first-order valence-electron chi connectivity index (χ1n) is 5.01. The lowest BCUT2D eigenvalue weighted by atomic mass is 10.2. The molecule has 1 aromatic carbocycles. The molecule has 0 aliphatic carbocycles. The summed E-state index contributed by atoms with van der Waals surface area (Å²) in [5, 5.41) is 26.5. The zero-order chi connectivity index (χ0) is 14.0. The second kappa shape index (κ2) is 4.72. The van der Waals surface area contributed by atoms with E-state index in [0.717, 1.165) is 10.9 Å². The van der Waals surface area contributed by atoms with Crippen LogP contribution in [-0.4, -0.2) is 38.1 Å². The topological polar surface area (TPSA) is 120 Å². The van der Waals surface area contributed by atoms with Crippen molar-refractivity contribution in [3.63, 3.8) is 0 Å². The second-order valence-corrected chi connectivity index (χ2v) is 3.47. The van der Waals surface area contributed by atoms with E-state index in [2.05, 4.69) is 10.3 Å². The average molecular weight is 264 g/mol. The van der Waals surface area contributed by atoms with Gasteiger partial charge in [-0.15, -0.1) is 5.10 Å². The Bertz CT molecular complexity index is 651. The molecule has 9 heteroatoms. The molecule has 0 aliphatic heterocycles. The van der Waals surface area contributed by atoms with Crippen LogP contribution in [0.15, 0.2) is 24.4 Å². The van der Waals surface area contributed by atoms with Crippen molar-refractivity contribution in [2.75, 3.05) is 7.11 Å². The molecule has 2 rings (SSSR count). The van der Waals surface area contributed by atoms with Gasteiger partial charge < -0.3 is 9.84 Å². The number of ether oxygens (including phenoxy) is 1. The monoisotopic (exact) mass is 264 g/mol. The van der Waals surface area contributed by atoms with Crippen molar-refractivity contribution in [1.82, 2.24) is 15.0 Å². The first-order valence-corrected chi connectivity index (χ1v) is 5.01. The number of benzene rings is 1. The smallest absolute Gasteiger partial charge is 0.358 e. The standard InChI is InChI=1S/C10H8N4O5/c1-19-9-3-2-6(14(17)18)4-8(9)13-5-7(10(15)16)11-12-13/h2-5H,1H3,(H,15,16). The number of aromatic carboxylic acids is 1. The van der Waals surface area contributed by atoms with Gasteiger partial charge in [0.05, 0.1) is 18.2 Å². The molecule has 0 saturated carbocycles. The molecule has 0 fully saturated rings. The normalized spacial score (nSPS) is 10.2. The second-order valence-electron chi connectivity index (χ2n) is 3.47. The third-order valence-corrected chi connectivity index (χ3v) is 2.33. The Labute approximate surface area is 106 Å². The predicted molar refractivity (Wildman–Crippen MR) is 61.5 cm³/mol. The van der Waals surface area contributed by atoms with Gasteiger partial charge >= 0.3 is 5.97 Å². The van der Waals surface area contributed by atoms with Crippen LogP contribution in [0.3, 0.4) is 0 Å². The highest BCUT2D eigenvalue weighted by Crippen LogP contribution is 2.26. The molecule has 1 heterocycles. The van der Waals surface area contributed by atoms with Crippen LogP contribution >= 0.6 is 0 Å². The Kier molecular flexibility index (Phi) is 3.10. The number of nitro groups is 1. The number of aromatic nitrogens is 3. The minimum Gasteiger partial charge on any atom is -0.494 e. The van der Waals surface area contributed by atoms with Crippen molar-refractivity contribution in [3.05, 3.63) is 40.2 Å². The van der Waals surface area contributed by atoms with Gasteiger partial charge in [-0.2, -0.15) is 0 Å². The maximum Gasteiger partial charge on any atom is 0.358 e.